The number of ether oxygens (including phenoxy) is 1. The lowest BCUT2D eigenvalue weighted by Gasteiger charge is -1.93. The van der Waals surface area contributed by atoms with E-state index in [0.29, 0.717) is 5.88 Å². The van der Waals surface area contributed by atoms with Crippen LogP contribution in [0.2, 0.25) is 0 Å². The Labute approximate surface area is 88.2 Å². The van der Waals surface area contributed by atoms with Gasteiger partial charge in [-0.25, -0.2) is 4.79 Å². The summed E-state index contributed by atoms with van der Waals surface area (Å²) in [7, 11) is 0. The van der Waals surface area contributed by atoms with Crippen LogP contribution in [0, 0.1) is 0 Å². The number of carbonyl (C=O) groups excluding carboxylic acids is 1. The molecule has 0 radical (unpaired) electrons. The number of halogens is 1. The minimum absolute atomic E-state index is 0.352. The summed E-state index contributed by atoms with van der Waals surface area (Å²) in [6.45, 7) is 0. The van der Waals surface area contributed by atoms with E-state index in [1.54, 1.807) is 6.07 Å². The number of rotatable bonds is 1. The zero-order chi connectivity index (χ0) is 10.1. The van der Waals surface area contributed by atoms with Crippen LogP contribution in [0.3, 0.4) is 0 Å². The van der Waals surface area contributed by atoms with E-state index < -0.39 is 6.09 Å². The van der Waals surface area contributed by atoms with E-state index in [1.807, 2.05) is 18.2 Å². The summed E-state index contributed by atoms with van der Waals surface area (Å²) in [6.07, 6.45) is -0.823. The number of benzene rings is 1. The summed E-state index contributed by atoms with van der Waals surface area (Å²) in [5.41, 5.74) is 5.77. The average Bonchev–Trinajstić information content (AvgIpc) is 2.44. The smallest absolute Gasteiger partial charge is 0.393 e. The molecule has 0 fully saturated rings. The van der Waals surface area contributed by atoms with Crippen molar-refractivity contribution in [1.82, 2.24) is 4.98 Å². The topological polar surface area (TPSA) is 68.1 Å². The molecule has 0 saturated carbocycles. The minimum Gasteiger partial charge on any atom is -0.393 e. The molecule has 1 aromatic heterocycles. The summed E-state index contributed by atoms with van der Waals surface area (Å²) < 4.78 is 5.66. The van der Waals surface area contributed by atoms with E-state index in [9.17, 15) is 4.79 Å². The lowest BCUT2D eigenvalue weighted by Crippen LogP contribution is -2.16. The standard InChI is InChI=1S/C9H7BrN2O2/c10-6-2-1-5-3-8(14-9(11)13)12-7(5)4-6/h1-4,12H,(H2,11,13). The number of H-pyrrole nitrogens is 1. The summed E-state index contributed by atoms with van der Waals surface area (Å²) in [6, 6.07) is 7.42. The maximum Gasteiger partial charge on any atom is 0.411 e. The van der Waals surface area contributed by atoms with Gasteiger partial charge in [-0.05, 0) is 12.1 Å². The molecule has 14 heavy (non-hydrogen) atoms. The van der Waals surface area contributed by atoms with Gasteiger partial charge in [-0.3, -0.25) is 0 Å². The fourth-order valence-corrected chi connectivity index (χ4v) is 1.60. The highest BCUT2D eigenvalue weighted by atomic mass is 79.9. The van der Waals surface area contributed by atoms with Gasteiger partial charge in [0, 0.05) is 21.4 Å². The number of amides is 1. The van der Waals surface area contributed by atoms with Gasteiger partial charge in [-0.15, -0.1) is 0 Å². The summed E-state index contributed by atoms with van der Waals surface area (Å²) in [4.78, 5) is 13.4. The Morgan fingerprint density at radius 1 is 1.43 bits per heavy atom. The quantitative estimate of drug-likeness (QED) is 0.821. The third-order valence-corrected chi connectivity index (χ3v) is 2.26. The predicted molar refractivity (Wildman–Crippen MR) is 56.2 cm³/mol. The van der Waals surface area contributed by atoms with Crippen molar-refractivity contribution in [3.63, 3.8) is 0 Å². The van der Waals surface area contributed by atoms with E-state index in [-0.39, 0.29) is 0 Å². The van der Waals surface area contributed by atoms with E-state index in [1.165, 1.54) is 0 Å². The Balaban J connectivity index is 2.46. The second-order valence-electron chi connectivity index (χ2n) is 2.79. The van der Waals surface area contributed by atoms with Crippen molar-refractivity contribution < 1.29 is 9.53 Å². The minimum atomic E-state index is -0.823. The van der Waals surface area contributed by atoms with Crippen LogP contribution in [0.1, 0.15) is 0 Å². The van der Waals surface area contributed by atoms with Gasteiger partial charge in [0.2, 0.25) is 5.88 Å². The second-order valence-corrected chi connectivity index (χ2v) is 3.70. The lowest BCUT2D eigenvalue weighted by atomic mass is 10.2. The van der Waals surface area contributed by atoms with Crippen LogP contribution in [0.15, 0.2) is 28.7 Å². The van der Waals surface area contributed by atoms with Crippen LogP contribution in [0.5, 0.6) is 5.88 Å². The van der Waals surface area contributed by atoms with E-state index in [2.05, 4.69) is 20.9 Å². The molecular formula is C9H7BrN2O2. The molecule has 0 aliphatic rings. The molecule has 1 aromatic carbocycles. The molecule has 0 aliphatic carbocycles. The third-order valence-electron chi connectivity index (χ3n) is 1.77. The number of carbonyl (C=O) groups is 1. The van der Waals surface area contributed by atoms with Crippen LogP contribution in [-0.4, -0.2) is 11.1 Å². The molecule has 5 heteroatoms. The van der Waals surface area contributed by atoms with E-state index in [0.717, 1.165) is 15.4 Å². The zero-order valence-corrected chi connectivity index (χ0v) is 8.67. The maximum atomic E-state index is 10.5. The number of nitrogens with two attached hydrogens (primary N) is 1. The van der Waals surface area contributed by atoms with Gasteiger partial charge in [0.1, 0.15) is 0 Å². The molecule has 2 aromatic rings. The SMILES string of the molecule is NC(=O)Oc1cc2ccc(Br)cc2[nH]1. The molecule has 1 amide bonds. The highest BCUT2D eigenvalue weighted by Gasteiger charge is 2.03. The molecule has 0 atom stereocenters. The highest BCUT2D eigenvalue weighted by molar-refractivity contribution is 9.10. The number of hydrogen-bond acceptors (Lipinski definition) is 2. The molecule has 0 unspecified atom stereocenters. The first kappa shape index (κ1) is 9.08. The Kier molecular flexibility index (Phi) is 2.17. The molecule has 1 heterocycles. The van der Waals surface area contributed by atoms with Crippen molar-refractivity contribution >= 4 is 32.9 Å². The van der Waals surface area contributed by atoms with Crippen molar-refractivity contribution in [1.29, 1.82) is 0 Å². The van der Waals surface area contributed by atoms with Gasteiger partial charge < -0.3 is 15.5 Å². The normalized spacial score (nSPS) is 10.4. The number of aromatic nitrogens is 1. The Bertz CT molecular complexity index is 493. The van der Waals surface area contributed by atoms with Crippen LogP contribution in [0.25, 0.3) is 10.9 Å². The molecule has 0 spiro atoms. The first-order valence-corrected chi connectivity index (χ1v) is 4.70. The molecule has 3 N–H and O–H groups in total. The van der Waals surface area contributed by atoms with Gasteiger partial charge >= 0.3 is 6.09 Å². The first-order chi connectivity index (χ1) is 6.65. The monoisotopic (exact) mass is 254 g/mol. The largest absolute Gasteiger partial charge is 0.411 e. The molecule has 4 nitrogen and oxygen atoms in total. The molecule has 0 aliphatic heterocycles. The molecule has 0 saturated heterocycles. The van der Waals surface area contributed by atoms with Crippen LogP contribution < -0.4 is 10.5 Å². The fourth-order valence-electron chi connectivity index (χ4n) is 1.24. The fraction of sp³-hybridized carbons (Fsp3) is 0. The number of primary amides is 1. The molecule has 0 bridgehead atoms. The highest BCUT2D eigenvalue weighted by Crippen LogP contribution is 2.23. The predicted octanol–water partition coefficient (Wildman–Crippen LogP) is 2.39. The van der Waals surface area contributed by atoms with Gasteiger partial charge in [0.05, 0.1) is 0 Å². The van der Waals surface area contributed by atoms with E-state index in [4.69, 9.17) is 10.5 Å². The van der Waals surface area contributed by atoms with Gasteiger partial charge in [0.15, 0.2) is 0 Å². The van der Waals surface area contributed by atoms with Gasteiger partial charge in [-0.2, -0.15) is 0 Å². The molecule has 2 rings (SSSR count). The van der Waals surface area contributed by atoms with Crippen molar-refractivity contribution in [2.45, 2.75) is 0 Å². The van der Waals surface area contributed by atoms with E-state index >= 15 is 0 Å². The Hall–Kier alpha value is -1.49. The third kappa shape index (κ3) is 1.72. The van der Waals surface area contributed by atoms with Crippen molar-refractivity contribution in [2.24, 2.45) is 5.73 Å². The Morgan fingerprint density at radius 3 is 2.93 bits per heavy atom. The van der Waals surface area contributed by atoms with Gasteiger partial charge in [-0.1, -0.05) is 22.0 Å². The van der Waals surface area contributed by atoms with Crippen LogP contribution >= 0.6 is 15.9 Å². The lowest BCUT2D eigenvalue weighted by molar-refractivity contribution is 0.209. The summed E-state index contributed by atoms with van der Waals surface area (Å²) in [5.74, 6) is 0.352. The van der Waals surface area contributed by atoms with Crippen molar-refractivity contribution in [2.75, 3.05) is 0 Å². The average molecular weight is 255 g/mol. The van der Waals surface area contributed by atoms with Crippen LogP contribution in [-0.2, 0) is 0 Å². The number of nitrogens with one attached hydrogen (secondary N) is 1. The zero-order valence-electron chi connectivity index (χ0n) is 7.08. The van der Waals surface area contributed by atoms with Crippen molar-refractivity contribution in [3.8, 4) is 5.88 Å². The Morgan fingerprint density at radius 2 is 2.21 bits per heavy atom. The number of hydrogen-bond donors (Lipinski definition) is 2. The number of fused-ring (bicyclic) bond motifs is 1. The number of aromatic amines is 1. The maximum absolute atomic E-state index is 10.5. The van der Waals surface area contributed by atoms with Crippen molar-refractivity contribution in [3.05, 3.63) is 28.7 Å². The molecular weight excluding hydrogens is 248 g/mol. The van der Waals surface area contributed by atoms with Crippen LogP contribution in [0.4, 0.5) is 4.79 Å². The second kappa shape index (κ2) is 3.34. The molecule has 72 valence electrons. The first-order valence-electron chi connectivity index (χ1n) is 3.91. The van der Waals surface area contributed by atoms with Gasteiger partial charge in [0.25, 0.3) is 0 Å². The summed E-state index contributed by atoms with van der Waals surface area (Å²) in [5, 5.41) is 0.962. The summed E-state index contributed by atoms with van der Waals surface area (Å²) >= 11 is 3.34.